The van der Waals surface area contributed by atoms with Crippen LogP contribution >= 0.6 is 34.5 Å². The highest BCUT2D eigenvalue weighted by Crippen LogP contribution is 2.33. The van der Waals surface area contributed by atoms with Gasteiger partial charge in [-0.1, -0.05) is 40.6 Å². The second-order valence-corrected chi connectivity index (χ2v) is 9.31. The number of rotatable bonds is 5. The van der Waals surface area contributed by atoms with Gasteiger partial charge in [-0.25, -0.2) is 8.42 Å². The maximum Gasteiger partial charge on any atom is 0.251 e. The van der Waals surface area contributed by atoms with E-state index in [2.05, 4.69) is 0 Å². The lowest BCUT2D eigenvalue weighted by molar-refractivity contribution is 0.398. The molecule has 1 heterocycles. The molecule has 0 unspecified atom stereocenters. The largest absolute Gasteiger partial charge is 0.497 e. The van der Waals surface area contributed by atoms with Crippen LogP contribution in [0.5, 0.6) is 11.5 Å². The Balaban J connectivity index is 2.12. The van der Waals surface area contributed by atoms with Gasteiger partial charge in [0.25, 0.3) is 4.74 Å². The number of benzene rings is 2. The molecule has 0 saturated heterocycles. The molecule has 0 spiro atoms. The number of methoxy groups -OCH3 is 2. The van der Waals surface area contributed by atoms with Gasteiger partial charge in [-0.3, -0.25) is 4.79 Å². The number of halogens is 2. The van der Waals surface area contributed by atoms with E-state index in [1.54, 1.807) is 24.3 Å². The fourth-order valence-corrected chi connectivity index (χ4v) is 5.24. The summed E-state index contributed by atoms with van der Waals surface area (Å²) < 4.78 is 36.0. The minimum atomic E-state index is -4.01. The van der Waals surface area contributed by atoms with Crippen LogP contribution in [0, 0.1) is 0 Å². The van der Waals surface area contributed by atoms with Gasteiger partial charge in [0.15, 0.2) is 0 Å². The van der Waals surface area contributed by atoms with Gasteiger partial charge in [0.05, 0.1) is 14.2 Å². The number of ether oxygens (including phenoxy) is 2. The van der Waals surface area contributed by atoms with Crippen molar-refractivity contribution in [1.29, 1.82) is 0 Å². The molecule has 0 amide bonds. The fourth-order valence-electron chi connectivity index (χ4n) is 2.50. The van der Waals surface area contributed by atoms with Gasteiger partial charge in [-0.2, -0.15) is 0 Å². The maximum atomic E-state index is 12.8. The lowest BCUT2D eigenvalue weighted by Gasteiger charge is -2.09. The van der Waals surface area contributed by atoms with E-state index in [9.17, 15) is 13.2 Å². The minimum Gasteiger partial charge on any atom is -0.497 e. The Morgan fingerprint density at radius 3 is 2.43 bits per heavy atom. The zero-order valence-corrected chi connectivity index (χ0v) is 17.9. The third-order valence-corrected chi connectivity index (χ3v) is 6.97. The molecular weight excluding hydrogens is 443 g/mol. The van der Waals surface area contributed by atoms with Gasteiger partial charge < -0.3 is 9.47 Å². The van der Waals surface area contributed by atoms with Crippen LogP contribution in [-0.2, 0) is 9.84 Å². The van der Waals surface area contributed by atoms with Crippen LogP contribution in [0.2, 0.25) is 10.0 Å². The van der Waals surface area contributed by atoms with Crippen LogP contribution in [0.15, 0.2) is 51.5 Å². The molecule has 2 aromatic carbocycles. The van der Waals surface area contributed by atoms with E-state index in [1.165, 1.54) is 32.4 Å². The monoisotopic (exact) mass is 456 g/mol. The van der Waals surface area contributed by atoms with E-state index < -0.39 is 14.6 Å². The molecule has 0 fully saturated rings. The summed E-state index contributed by atoms with van der Waals surface area (Å²) in [5.74, 6) is 0.916. The van der Waals surface area contributed by atoms with E-state index in [0.29, 0.717) is 37.2 Å². The summed E-state index contributed by atoms with van der Waals surface area (Å²) in [6.07, 6.45) is 1.33. The van der Waals surface area contributed by atoms with Gasteiger partial charge in [0.2, 0.25) is 9.84 Å². The van der Waals surface area contributed by atoms with Crippen LogP contribution in [0.25, 0.3) is 16.2 Å². The van der Waals surface area contributed by atoms with Crippen LogP contribution < -0.4 is 14.2 Å². The Labute approximate surface area is 175 Å². The lowest BCUT2D eigenvalue weighted by atomic mass is 10.2. The fraction of sp³-hybridized carbons (Fsp3) is 0.105. The van der Waals surface area contributed by atoms with Crippen molar-refractivity contribution in [3.63, 3.8) is 0 Å². The van der Waals surface area contributed by atoms with Crippen LogP contribution in [-0.4, -0.2) is 22.6 Å². The van der Waals surface area contributed by atoms with Crippen LogP contribution in [0.3, 0.4) is 0 Å². The molecule has 3 rings (SSSR count). The van der Waals surface area contributed by atoms with Gasteiger partial charge >= 0.3 is 0 Å². The molecule has 0 aliphatic heterocycles. The quantitative estimate of drug-likeness (QED) is 0.538. The Kier molecular flexibility index (Phi) is 6.00. The molecule has 0 radical (unpaired) electrons. The molecule has 5 nitrogen and oxygen atoms in total. The third kappa shape index (κ3) is 4.17. The van der Waals surface area contributed by atoms with E-state index in [-0.39, 0.29) is 4.90 Å². The molecule has 0 bridgehead atoms. The molecule has 0 N–H and O–H groups in total. The molecule has 3 aromatic rings. The molecule has 0 saturated carbocycles. The molecule has 9 heteroatoms. The Hall–Kier alpha value is -2.06. The van der Waals surface area contributed by atoms with Gasteiger partial charge in [-0.05, 0) is 35.9 Å². The summed E-state index contributed by atoms with van der Waals surface area (Å²) in [4.78, 5) is 12.1. The molecule has 1 aromatic heterocycles. The first-order valence-corrected chi connectivity index (χ1v) is 10.9. The third-order valence-electron chi connectivity index (χ3n) is 3.91. The van der Waals surface area contributed by atoms with Crippen molar-refractivity contribution in [2.45, 2.75) is 4.90 Å². The van der Waals surface area contributed by atoms with Crippen molar-refractivity contribution >= 4 is 60.5 Å². The predicted octanol–water partition coefficient (Wildman–Crippen LogP) is 5.03. The van der Waals surface area contributed by atoms with Crippen LogP contribution in [0.1, 0.15) is 5.56 Å². The number of hydrogen-bond donors (Lipinski definition) is 0. The van der Waals surface area contributed by atoms with Crippen molar-refractivity contribution in [2.24, 2.45) is 0 Å². The van der Waals surface area contributed by atoms with E-state index in [1.807, 2.05) is 0 Å². The van der Waals surface area contributed by atoms with Gasteiger partial charge in [0.1, 0.15) is 16.4 Å². The second-order valence-electron chi connectivity index (χ2n) is 5.65. The highest BCUT2D eigenvalue weighted by atomic mass is 35.5. The molecule has 146 valence electrons. The molecule has 0 aliphatic carbocycles. The smallest absolute Gasteiger partial charge is 0.251 e. The number of sulfone groups is 1. The summed E-state index contributed by atoms with van der Waals surface area (Å²) in [7, 11) is -1.06. The van der Waals surface area contributed by atoms with Crippen molar-refractivity contribution in [3.8, 4) is 11.5 Å². The summed E-state index contributed by atoms with van der Waals surface area (Å²) in [6.45, 7) is 0. The highest BCUT2D eigenvalue weighted by molar-refractivity contribution is 7.94. The maximum absolute atomic E-state index is 12.8. The van der Waals surface area contributed by atoms with Gasteiger partial charge in [0, 0.05) is 31.6 Å². The van der Waals surface area contributed by atoms with Crippen LogP contribution in [0.4, 0.5) is 0 Å². The van der Waals surface area contributed by atoms with E-state index in [4.69, 9.17) is 32.7 Å². The average Bonchev–Trinajstić information content (AvgIpc) is 2.65. The van der Waals surface area contributed by atoms with Crippen molar-refractivity contribution < 1.29 is 17.9 Å². The number of fused-ring (bicyclic) bond motifs is 1. The standard InChI is InChI=1S/C19H14Cl2O5S2/c1-25-13-8-16(26-2)14-10-18(19(22)27-17(14)9-13)28(23,24)6-5-11-3-4-12(20)7-15(11)21/h3-10H,1-2H3/b6-5-. The van der Waals surface area contributed by atoms with Crippen molar-refractivity contribution in [3.05, 3.63) is 67.0 Å². The Morgan fingerprint density at radius 2 is 1.79 bits per heavy atom. The Morgan fingerprint density at radius 1 is 1.04 bits per heavy atom. The topological polar surface area (TPSA) is 69.7 Å². The first kappa shape index (κ1) is 20.7. The first-order valence-electron chi connectivity index (χ1n) is 7.83. The predicted molar refractivity (Wildman–Crippen MR) is 114 cm³/mol. The highest BCUT2D eigenvalue weighted by Gasteiger charge is 2.19. The van der Waals surface area contributed by atoms with Crippen molar-refractivity contribution in [1.82, 2.24) is 0 Å². The second kappa shape index (κ2) is 8.13. The van der Waals surface area contributed by atoms with E-state index in [0.717, 1.165) is 16.7 Å². The molecule has 0 atom stereocenters. The average molecular weight is 457 g/mol. The molecule has 0 aliphatic rings. The zero-order valence-electron chi connectivity index (χ0n) is 14.7. The zero-order chi connectivity index (χ0) is 20.5. The molecule has 28 heavy (non-hydrogen) atoms. The van der Waals surface area contributed by atoms with Gasteiger partial charge in [-0.15, -0.1) is 0 Å². The van der Waals surface area contributed by atoms with Crippen molar-refractivity contribution in [2.75, 3.05) is 14.2 Å². The summed E-state index contributed by atoms with van der Waals surface area (Å²) in [6, 6.07) is 9.28. The first-order chi connectivity index (χ1) is 13.2. The SMILES string of the molecule is COc1cc(OC)c2cc(S(=O)(=O)/C=C\c3ccc(Cl)cc3Cl)c(=O)sc2c1. The summed E-state index contributed by atoms with van der Waals surface area (Å²) in [5, 5.41) is 2.19. The summed E-state index contributed by atoms with van der Waals surface area (Å²) in [5.41, 5.74) is 0.467. The number of hydrogen-bond acceptors (Lipinski definition) is 6. The normalized spacial score (nSPS) is 11.9. The Bertz CT molecular complexity index is 1250. The lowest BCUT2D eigenvalue weighted by Crippen LogP contribution is -2.10. The minimum absolute atomic E-state index is 0.302. The molecular formula is C19H14Cl2O5S2. The summed E-state index contributed by atoms with van der Waals surface area (Å²) >= 11 is 12.7. The van der Waals surface area contributed by atoms with E-state index >= 15 is 0 Å².